The molecule has 6 nitrogen and oxygen atoms in total. The van der Waals surface area contributed by atoms with Crippen molar-refractivity contribution >= 4 is 15.9 Å². The minimum atomic E-state index is -3.83. The van der Waals surface area contributed by atoms with Crippen LogP contribution in [0.3, 0.4) is 0 Å². The van der Waals surface area contributed by atoms with Crippen LogP contribution < -0.4 is 10.5 Å². The molecule has 1 saturated heterocycles. The Kier molecular flexibility index (Phi) is 5.78. The first kappa shape index (κ1) is 17.9. The van der Waals surface area contributed by atoms with Crippen molar-refractivity contribution in [1.82, 2.24) is 10.2 Å². The fourth-order valence-corrected chi connectivity index (χ4v) is 3.78. The van der Waals surface area contributed by atoms with Gasteiger partial charge >= 0.3 is 0 Å². The van der Waals surface area contributed by atoms with Crippen molar-refractivity contribution in [3.8, 4) is 0 Å². The van der Waals surface area contributed by atoms with Crippen molar-refractivity contribution in [2.75, 3.05) is 26.2 Å². The second kappa shape index (κ2) is 7.42. The van der Waals surface area contributed by atoms with E-state index in [1.54, 1.807) is 19.9 Å². The Morgan fingerprint density at radius 3 is 2.43 bits per heavy atom. The molecule has 0 radical (unpaired) electrons. The largest absolute Gasteiger partial charge is 0.351 e. The standard InChI is InChI=1S/C16H25N3O3S/c1-12-10-13(2)15(23(17,21)22)11-14(12)16(20)18-6-9-19-7-4-3-5-8-19/h10-11H,3-9H2,1-2H3,(H,18,20)(H2,17,21,22). The maximum atomic E-state index is 12.3. The molecule has 0 aromatic heterocycles. The van der Waals surface area contributed by atoms with Crippen LogP contribution in [-0.4, -0.2) is 45.4 Å². The lowest BCUT2D eigenvalue weighted by molar-refractivity contribution is 0.0945. The molecule has 1 aromatic rings. The van der Waals surface area contributed by atoms with Gasteiger partial charge in [-0.05, 0) is 57.0 Å². The van der Waals surface area contributed by atoms with Gasteiger partial charge in [0.1, 0.15) is 0 Å². The number of nitrogens with one attached hydrogen (secondary N) is 1. The van der Waals surface area contributed by atoms with Crippen molar-refractivity contribution in [1.29, 1.82) is 0 Å². The molecule has 0 saturated carbocycles. The number of sulfonamides is 1. The number of primary sulfonamides is 1. The Morgan fingerprint density at radius 2 is 1.83 bits per heavy atom. The van der Waals surface area contributed by atoms with E-state index in [2.05, 4.69) is 10.2 Å². The molecule has 1 aliphatic heterocycles. The third-order valence-electron chi connectivity index (χ3n) is 4.24. The quantitative estimate of drug-likeness (QED) is 0.842. The summed E-state index contributed by atoms with van der Waals surface area (Å²) in [6.07, 6.45) is 3.70. The Balaban J connectivity index is 2.04. The topological polar surface area (TPSA) is 92.5 Å². The van der Waals surface area contributed by atoms with E-state index in [1.807, 2.05) is 0 Å². The minimum Gasteiger partial charge on any atom is -0.351 e. The van der Waals surface area contributed by atoms with Crippen LogP contribution in [0.2, 0.25) is 0 Å². The van der Waals surface area contributed by atoms with Gasteiger partial charge in [-0.3, -0.25) is 4.79 Å². The zero-order valence-electron chi connectivity index (χ0n) is 13.8. The smallest absolute Gasteiger partial charge is 0.251 e. The van der Waals surface area contributed by atoms with Crippen molar-refractivity contribution in [3.63, 3.8) is 0 Å². The lowest BCUT2D eigenvalue weighted by Gasteiger charge is -2.26. The fraction of sp³-hybridized carbons (Fsp3) is 0.562. The second-order valence-electron chi connectivity index (χ2n) is 6.14. The molecule has 23 heavy (non-hydrogen) atoms. The molecule has 128 valence electrons. The third-order valence-corrected chi connectivity index (χ3v) is 5.29. The Labute approximate surface area is 138 Å². The predicted octanol–water partition coefficient (Wildman–Crippen LogP) is 1.17. The number of benzene rings is 1. The van der Waals surface area contributed by atoms with Gasteiger partial charge in [0, 0.05) is 18.7 Å². The minimum absolute atomic E-state index is 0.00396. The van der Waals surface area contributed by atoms with Crippen molar-refractivity contribution < 1.29 is 13.2 Å². The van der Waals surface area contributed by atoms with Crippen LogP contribution in [0.15, 0.2) is 17.0 Å². The van der Waals surface area contributed by atoms with Gasteiger partial charge < -0.3 is 10.2 Å². The van der Waals surface area contributed by atoms with E-state index in [9.17, 15) is 13.2 Å². The van der Waals surface area contributed by atoms with Gasteiger partial charge in [-0.2, -0.15) is 0 Å². The maximum Gasteiger partial charge on any atom is 0.251 e. The summed E-state index contributed by atoms with van der Waals surface area (Å²) in [5, 5.41) is 8.08. The first-order valence-electron chi connectivity index (χ1n) is 7.93. The average Bonchev–Trinajstić information content (AvgIpc) is 2.46. The number of carbonyl (C=O) groups is 1. The number of amides is 1. The summed E-state index contributed by atoms with van der Waals surface area (Å²) in [6.45, 7) is 6.99. The SMILES string of the molecule is Cc1cc(C)c(S(N)(=O)=O)cc1C(=O)NCCN1CCCCC1. The van der Waals surface area contributed by atoms with E-state index < -0.39 is 10.0 Å². The molecular weight excluding hydrogens is 314 g/mol. The summed E-state index contributed by atoms with van der Waals surface area (Å²) in [6, 6.07) is 3.05. The number of piperidine rings is 1. The lowest BCUT2D eigenvalue weighted by atomic mass is 10.1. The lowest BCUT2D eigenvalue weighted by Crippen LogP contribution is -2.37. The number of aryl methyl sites for hydroxylation is 2. The Bertz CT molecular complexity index is 680. The molecule has 2 rings (SSSR count). The maximum absolute atomic E-state index is 12.3. The molecule has 7 heteroatoms. The summed E-state index contributed by atoms with van der Waals surface area (Å²) in [5.74, 6) is -0.260. The number of carbonyl (C=O) groups excluding carboxylic acids is 1. The monoisotopic (exact) mass is 339 g/mol. The van der Waals surface area contributed by atoms with Gasteiger partial charge in [0.2, 0.25) is 10.0 Å². The number of rotatable bonds is 5. The van der Waals surface area contributed by atoms with Crippen molar-refractivity contribution in [3.05, 3.63) is 28.8 Å². The van der Waals surface area contributed by atoms with Crippen LogP contribution in [0.25, 0.3) is 0 Å². The summed E-state index contributed by atoms with van der Waals surface area (Å²) in [5.41, 5.74) is 1.65. The number of likely N-dealkylation sites (tertiary alicyclic amines) is 1. The summed E-state index contributed by atoms with van der Waals surface area (Å²) >= 11 is 0. The zero-order valence-corrected chi connectivity index (χ0v) is 14.6. The van der Waals surface area contributed by atoms with E-state index in [0.29, 0.717) is 17.7 Å². The van der Waals surface area contributed by atoms with Gasteiger partial charge in [-0.15, -0.1) is 0 Å². The third kappa shape index (κ3) is 4.76. The first-order chi connectivity index (χ1) is 10.8. The molecule has 1 aliphatic rings. The molecule has 0 unspecified atom stereocenters. The molecule has 1 amide bonds. The number of hydrogen-bond acceptors (Lipinski definition) is 4. The van der Waals surface area contributed by atoms with Gasteiger partial charge in [0.05, 0.1) is 4.90 Å². The number of hydrogen-bond donors (Lipinski definition) is 2. The predicted molar refractivity (Wildman–Crippen MR) is 89.9 cm³/mol. The summed E-state index contributed by atoms with van der Waals surface area (Å²) in [7, 11) is -3.83. The van der Waals surface area contributed by atoms with Gasteiger partial charge in [-0.1, -0.05) is 12.5 Å². The van der Waals surface area contributed by atoms with Crippen LogP contribution in [0.1, 0.15) is 40.7 Å². The highest BCUT2D eigenvalue weighted by Gasteiger charge is 2.18. The Hall–Kier alpha value is -1.44. The summed E-state index contributed by atoms with van der Waals surface area (Å²) < 4.78 is 23.2. The van der Waals surface area contributed by atoms with Gasteiger partial charge in [0.15, 0.2) is 0 Å². The highest BCUT2D eigenvalue weighted by molar-refractivity contribution is 7.89. The van der Waals surface area contributed by atoms with E-state index in [4.69, 9.17) is 5.14 Å². The molecule has 3 N–H and O–H groups in total. The van der Waals surface area contributed by atoms with Crippen LogP contribution in [0.5, 0.6) is 0 Å². The summed E-state index contributed by atoms with van der Waals surface area (Å²) in [4.78, 5) is 14.7. The van der Waals surface area contributed by atoms with E-state index in [1.165, 1.54) is 25.3 Å². The molecule has 0 atom stereocenters. The highest BCUT2D eigenvalue weighted by atomic mass is 32.2. The van der Waals surface area contributed by atoms with Gasteiger partial charge in [0.25, 0.3) is 5.91 Å². The van der Waals surface area contributed by atoms with E-state index >= 15 is 0 Å². The first-order valence-corrected chi connectivity index (χ1v) is 9.48. The molecular formula is C16H25N3O3S. The average molecular weight is 339 g/mol. The second-order valence-corrected chi connectivity index (χ2v) is 7.67. The Morgan fingerprint density at radius 1 is 1.17 bits per heavy atom. The van der Waals surface area contributed by atoms with Crippen LogP contribution in [0, 0.1) is 13.8 Å². The van der Waals surface area contributed by atoms with Crippen LogP contribution in [-0.2, 0) is 10.0 Å². The fourth-order valence-electron chi connectivity index (χ4n) is 2.99. The molecule has 0 bridgehead atoms. The van der Waals surface area contributed by atoms with Crippen molar-refractivity contribution in [2.24, 2.45) is 5.14 Å². The van der Waals surface area contributed by atoms with E-state index in [-0.39, 0.29) is 10.8 Å². The molecule has 1 fully saturated rings. The van der Waals surface area contributed by atoms with Crippen molar-refractivity contribution in [2.45, 2.75) is 38.0 Å². The van der Waals surface area contributed by atoms with Crippen LogP contribution in [0.4, 0.5) is 0 Å². The highest BCUT2D eigenvalue weighted by Crippen LogP contribution is 2.19. The molecule has 0 aliphatic carbocycles. The number of nitrogens with two attached hydrogens (primary N) is 1. The number of nitrogens with zero attached hydrogens (tertiary/aromatic N) is 1. The van der Waals surface area contributed by atoms with E-state index in [0.717, 1.165) is 25.2 Å². The van der Waals surface area contributed by atoms with Gasteiger partial charge in [-0.25, -0.2) is 13.6 Å². The van der Waals surface area contributed by atoms with Crippen LogP contribution >= 0.6 is 0 Å². The molecule has 1 aromatic carbocycles. The molecule has 1 heterocycles. The molecule has 0 spiro atoms. The normalized spacial score (nSPS) is 16.3. The zero-order chi connectivity index (χ0) is 17.0.